The number of alkyl halides is 6. The number of morpholine rings is 1. The fourth-order valence-corrected chi connectivity index (χ4v) is 4.95. The SMILES string of the molecule is C[C@@H](O[C@H]1OCCN(CC2NNNC2CN(C)C)[C@H]1c1ccc(F)cc1)c1cc(C(F)(F)F)cc(C(F)(F)F)c1.Cl. The zero-order valence-electron chi connectivity index (χ0n) is 22.5. The van der Waals surface area contributed by atoms with Gasteiger partial charge in [0.05, 0.1) is 42.0 Å². The highest BCUT2D eigenvalue weighted by Gasteiger charge is 2.41. The van der Waals surface area contributed by atoms with E-state index in [1.807, 2.05) is 19.0 Å². The molecule has 2 aliphatic rings. The highest BCUT2D eigenvalue weighted by Crippen LogP contribution is 2.39. The van der Waals surface area contributed by atoms with Gasteiger partial charge in [-0.3, -0.25) is 4.90 Å². The summed E-state index contributed by atoms with van der Waals surface area (Å²) in [4.78, 5) is 4.07. The Kier molecular flexibility index (Phi) is 11.0. The van der Waals surface area contributed by atoms with E-state index in [9.17, 15) is 30.7 Å². The fraction of sp³-hybridized carbons (Fsp3) is 0.538. The summed E-state index contributed by atoms with van der Waals surface area (Å²) in [6.45, 7) is 3.24. The van der Waals surface area contributed by atoms with Gasteiger partial charge in [0, 0.05) is 19.6 Å². The van der Waals surface area contributed by atoms with E-state index in [-0.39, 0.29) is 42.7 Å². The van der Waals surface area contributed by atoms with Crippen LogP contribution in [0.5, 0.6) is 0 Å². The van der Waals surface area contributed by atoms with E-state index in [0.717, 1.165) is 0 Å². The van der Waals surface area contributed by atoms with Gasteiger partial charge in [-0.05, 0) is 62.5 Å². The number of nitrogens with zero attached hydrogens (tertiary/aromatic N) is 2. The first-order valence-corrected chi connectivity index (χ1v) is 12.7. The molecule has 0 aliphatic carbocycles. The summed E-state index contributed by atoms with van der Waals surface area (Å²) in [6.07, 6.45) is -12.2. The highest BCUT2D eigenvalue weighted by atomic mass is 35.5. The van der Waals surface area contributed by atoms with Gasteiger partial charge in [0.15, 0.2) is 6.29 Å². The number of hydrogen-bond donors (Lipinski definition) is 3. The molecule has 2 unspecified atom stereocenters. The lowest BCUT2D eigenvalue weighted by Crippen LogP contribution is -2.53. The maximum Gasteiger partial charge on any atom is 0.416 e. The molecule has 2 saturated heterocycles. The minimum absolute atomic E-state index is 0. The molecule has 5 atom stereocenters. The largest absolute Gasteiger partial charge is 0.416 e. The Balaban J connectivity index is 0.00000462. The van der Waals surface area contributed by atoms with Crippen molar-refractivity contribution in [3.05, 3.63) is 70.5 Å². The first-order valence-electron chi connectivity index (χ1n) is 12.7. The number of nitrogens with one attached hydrogen (secondary N) is 3. The van der Waals surface area contributed by atoms with Gasteiger partial charge in [-0.1, -0.05) is 12.1 Å². The average molecular weight is 616 g/mol. The van der Waals surface area contributed by atoms with Gasteiger partial charge in [0.25, 0.3) is 0 Å². The van der Waals surface area contributed by atoms with Crippen molar-refractivity contribution in [3.63, 3.8) is 0 Å². The zero-order chi connectivity index (χ0) is 29.2. The monoisotopic (exact) mass is 615 g/mol. The van der Waals surface area contributed by atoms with Crippen LogP contribution in [0.4, 0.5) is 30.7 Å². The van der Waals surface area contributed by atoms with E-state index in [1.54, 1.807) is 12.1 Å². The van der Waals surface area contributed by atoms with Gasteiger partial charge < -0.3 is 14.4 Å². The maximum absolute atomic E-state index is 13.8. The van der Waals surface area contributed by atoms with Gasteiger partial charge >= 0.3 is 12.4 Å². The normalized spacial score (nSPS) is 24.9. The van der Waals surface area contributed by atoms with Crippen molar-refractivity contribution in [2.24, 2.45) is 0 Å². The van der Waals surface area contributed by atoms with Crippen molar-refractivity contribution in [2.45, 2.75) is 49.8 Å². The second-order valence-electron chi connectivity index (χ2n) is 10.2. The molecule has 0 spiro atoms. The molecule has 0 aromatic heterocycles. The topological polar surface area (TPSA) is 61.0 Å². The summed E-state index contributed by atoms with van der Waals surface area (Å²) in [5, 5.41) is 0. The van der Waals surface area contributed by atoms with E-state index < -0.39 is 47.7 Å². The van der Waals surface area contributed by atoms with Crippen LogP contribution in [0, 0.1) is 5.82 Å². The molecular formula is C26H33ClF7N5O2. The summed E-state index contributed by atoms with van der Waals surface area (Å²) >= 11 is 0. The average Bonchev–Trinajstić information content (AvgIpc) is 3.29. The van der Waals surface area contributed by atoms with Crippen LogP contribution >= 0.6 is 12.4 Å². The van der Waals surface area contributed by atoms with Crippen LogP contribution in [-0.4, -0.2) is 68.5 Å². The number of benzene rings is 2. The van der Waals surface area contributed by atoms with Gasteiger partial charge in [-0.25, -0.2) is 15.2 Å². The predicted octanol–water partition coefficient (Wildman–Crippen LogP) is 4.67. The van der Waals surface area contributed by atoms with Crippen LogP contribution in [0.2, 0.25) is 0 Å². The molecule has 0 amide bonds. The molecule has 4 rings (SSSR count). The van der Waals surface area contributed by atoms with Gasteiger partial charge in [0.2, 0.25) is 0 Å². The number of hydrogen-bond acceptors (Lipinski definition) is 7. The van der Waals surface area contributed by atoms with Crippen LogP contribution in [0.25, 0.3) is 0 Å². The van der Waals surface area contributed by atoms with Crippen LogP contribution in [-0.2, 0) is 21.8 Å². The molecule has 2 fully saturated rings. The Morgan fingerprint density at radius 3 is 2.12 bits per heavy atom. The van der Waals surface area contributed by atoms with Crippen LogP contribution in [0.3, 0.4) is 0 Å². The predicted molar refractivity (Wildman–Crippen MR) is 139 cm³/mol. The van der Waals surface area contributed by atoms with Crippen molar-refractivity contribution in [2.75, 3.05) is 40.3 Å². The van der Waals surface area contributed by atoms with E-state index in [1.165, 1.54) is 19.1 Å². The van der Waals surface area contributed by atoms with Gasteiger partial charge in [-0.2, -0.15) is 31.9 Å². The molecule has 2 heterocycles. The first kappa shape index (κ1) is 33.5. The van der Waals surface area contributed by atoms with Gasteiger partial charge in [-0.15, -0.1) is 12.4 Å². The third-order valence-electron chi connectivity index (χ3n) is 6.93. The molecule has 230 valence electrons. The minimum Gasteiger partial charge on any atom is -0.349 e. The maximum atomic E-state index is 13.8. The molecule has 2 aromatic rings. The van der Waals surface area contributed by atoms with E-state index >= 15 is 0 Å². The van der Waals surface area contributed by atoms with Crippen molar-refractivity contribution < 1.29 is 40.2 Å². The third-order valence-corrected chi connectivity index (χ3v) is 6.93. The lowest BCUT2D eigenvalue weighted by atomic mass is 9.99. The van der Waals surface area contributed by atoms with E-state index in [0.29, 0.717) is 37.3 Å². The van der Waals surface area contributed by atoms with Crippen molar-refractivity contribution in [3.8, 4) is 0 Å². The molecule has 2 aromatic carbocycles. The third kappa shape index (κ3) is 8.51. The lowest BCUT2D eigenvalue weighted by Gasteiger charge is -2.43. The minimum atomic E-state index is -4.98. The molecule has 41 heavy (non-hydrogen) atoms. The summed E-state index contributed by atoms with van der Waals surface area (Å²) in [5.74, 6) is -0.460. The molecule has 0 saturated carbocycles. The molecule has 3 N–H and O–H groups in total. The molecule has 2 aliphatic heterocycles. The van der Waals surface area contributed by atoms with Crippen LogP contribution < -0.4 is 16.4 Å². The van der Waals surface area contributed by atoms with Crippen LogP contribution in [0.1, 0.15) is 41.3 Å². The smallest absolute Gasteiger partial charge is 0.349 e. The first-order chi connectivity index (χ1) is 18.7. The van der Waals surface area contributed by atoms with Crippen LogP contribution in [0.15, 0.2) is 42.5 Å². The number of halogens is 8. The Hall–Kier alpha value is -2.04. The number of rotatable bonds is 8. The molecular weight excluding hydrogens is 583 g/mol. The van der Waals surface area contributed by atoms with Gasteiger partial charge in [0.1, 0.15) is 5.82 Å². The molecule has 7 nitrogen and oxygen atoms in total. The van der Waals surface area contributed by atoms with E-state index in [2.05, 4.69) is 21.3 Å². The number of ether oxygens (including phenoxy) is 2. The quantitative estimate of drug-likeness (QED) is 0.373. The highest BCUT2D eigenvalue weighted by molar-refractivity contribution is 5.85. The standard InChI is InChI=1S/C26H32F7N5O2.ClH/c1-15(17-10-18(25(28,29)30)12-19(11-17)26(31,32)33)40-24-23(16-4-6-20(27)7-5-16)38(8-9-39-24)14-22-21(13-37(2)3)34-36-35-22;/h4-7,10-12,15,21-24,34-36H,8-9,13-14H2,1-3H3;1H/t15-,21?,22?,23+,24-;/m1./s1. The van der Waals surface area contributed by atoms with E-state index in [4.69, 9.17) is 9.47 Å². The number of hydrazine groups is 2. The second kappa shape index (κ2) is 13.5. The van der Waals surface area contributed by atoms with Crippen molar-refractivity contribution >= 4 is 12.4 Å². The Morgan fingerprint density at radius 1 is 0.976 bits per heavy atom. The Morgan fingerprint density at radius 2 is 1.56 bits per heavy atom. The Bertz CT molecular complexity index is 1100. The fourth-order valence-electron chi connectivity index (χ4n) is 4.95. The number of likely N-dealkylation sites (N-methyl/N-ethyl adjacent to an activating group) is 1. The molecule has 0 radical (unpaired) electrons. The zero-order valence-corrected chi connectivity index (χ0v) is 23.3. The molecule has 15 heteroatoms. The van der Waals surface area contributed by atoms with Crippen molar-refractivity contribution in [1.29, 1.82) is 0 Å². The van der Waals surface area contributed by atoms with Crippen molar-refractivity contribution in [1.82, 2.24) is 26.2 Å². The second-order valence-corrected chi connectivity index (χ2v) is 10.2. The lowest BCUT2D eigenvalue weighted by molar-refractivity contribution is -0.230. The Labute approximate surface area is 239 Å². The summed E-state index contributed by atoms with van der Waals surface area (Å²) in [6, 6.07) is 6.39. The summed E-state index contributed by atoms with van der Waals surface area (Å²) in [7, 11) is 3.88. The summed E-state index contributed by atoms with van der Waals surface area (Å²) in [5.41, 5.74) is 6.76. The molecule has 0 bridgehead atoms. The summed E-state index contributed by atoms with van der Waals surface area (Å²) < 4.78 is 106.